The van der Waals surface area contributed by atoms with Crippen molar-refractivity contribution < 1.29 is 13.2 Å². The second-order valence-electron chi connectivity index (χ2n) is 4.91. The Bertz CT molecular complexity index is 583. The van der Waals surface area contributed by atoms with E-state index in [0.29, 0.717) is 18.7 Å². The lowest BCUT2D eigenvalue weighted by molar-refractivity contribution is 0.0709. The second-order valence-corrected chi connectivity index (χ2v) is 6.92. The van der Waals surface area contributed by atoms with Crippen LogP contribution in [0.1, 0.15) is 17.3 Å². The Morgan fingerprint density at radius 2 is 2.16 bits per heavy atom. The van der Waals surface area contributed by atoms with Gasteiger partial charge in [0.1, 0.15) is 0 Å². The molecule has 1 fully saturated rings. The molecule has 2 rings (SSSR count). The summed E-state index contributed by atoms with van der Waals surface area (Å²) in [6, 6.07) is 6.48. The van der Waals surface area contributed by atoms with Crippen LogP contribution in [0.5, 0.6) is 0 Å². The molecule has 0 aromatic heterocycles. The molecule has 0 unspecified atom stereocenters. The number of piperazine rings is 1. The van der Waals surface area contributed by atoms with Gasteiger partial charge in [-0.25, -0.2) is 8.42 Å². The molecule has 1 aliphatic rings. The predicted octanol–water partition coefficient (Wildman–Crippen LogP) is 0.524. The van der Waals surface area contributed by atoms with Crippen LogP contribution in [-0.2, 0) is 9.84 Å². The van der Waals surface area contributed by atoms with Gasteiger partial charge in [0.15, 0.2) is 9.84 Å². The van der Waals surface area contributed by atoms with Crippen molar-refractivity contribution in [3.63, 3.8) is 0 Å². The fourth-order valence-corrected chi connectivity index (χ4v) is 2.83. The molecule has 1 N–H and O–H groups in total. The summed E-state index contributed by atoms with van der Waals surface area (Å²) in [5.41, 5.74) is 0.428. The fraction of sp³-hybridized carbons (Fsp3) is 0.462. The summed E-state index contributed by atoms with van der Waals surface area (Å²) in [5, 5.41) is 3.26. The lowest BCUT2D eigenvalue weighted by Crippen LogP contribution is -2.51. The summed E-state index contributed by atoms with van der Waals surface area (Å²) < 4.78 is 23.0. The standard InChI is InChI=1S/C13H18N2O3S/c1-10-9-15(7-6-14-10)13(16)11-4-3-5-12(8-11)19(2,17)18/h3-5,8,10,14H,6-7,9H2,1-2H3/t10-/m1/s1. The molecule has 0 bridgehead atoms. The molecule has 0 radical (unpaired) electrons. The van der Waals surface area contributed by atoms with Crippen LogP contribution in [0.2, 0.25) is 0 Å². The topological polar surface area (TPSA) is 66.5 Å². The highest BCUT2D eigenvalue weighted by Gasteiger charge is 2.22. The molecule has 104 valence electrons. The molecule has 0 spiro atoms. The predicted molar refractivity (Wildman–Crippen MR) is 72.9 cm³/mol. The van der Waals surface area contributed by atoms with Gasteiger partial charge in [-0.2, -0.15) is 0 Å². The number of hydrogen-bond donors (Lipinski definition) is 1. The molecule has 1 heterocycles. The lowest BCUT2D eigenvalue weighted by atomic mass is 10.1. The molecular weight excluding hydrogens is 264 g/mol. The maximum absolute atomic E-state index is 12.3. The third-order valence-electron chi connectivity index (χ3n) is 3.17. The van der Waals surface area contributed by atoms with E-state index in [1.54, 1.807) is 17.0 Å². The summed E-state index contributed by atoms with van der Waals surface area (Å²) in [7, 11) is -3.28. The average molecular weight is 282 g/mol. The highest BCUT2D eigenvalue weighted by atomic mass is 32.2. The summed E-state index contributed by atoms with van der Waals surface area (Å²) in [5.74, 6) is -0.112. The molecule has 1 aromatic carbocycles. The van der Waals surface area contributed by atoms with Crippen LogP contribution in [0.3, 0.4) is 0 Å². The SMILES string of the molecule is C[C@@H]1CN(C(=O)c2cccc(S(C)(=O)=O)c2)CCN1. The molecule has 1 aliphatic heterocycles. The minimum Gasteiger partial charge on any atom is -0.336 e. The van der Waals surface area contributed by atoms with E-state index in [1.807, 2.05) is 6.92 Å². The second kappa shape index (κ2) is 5.30. The zero-order valence-electron chi connectivity index (χ0n) is 11.1. The zero-order chi connectivity index (χ0) is 14.0. The van der Waals surface area contributed by atoms with Crippen molar-refractivity contribution in [1.29, 1.82) is 0 Å². The van der Waals surface area contributed by atoms with E-state index < -0.39 is 9.84 Å². The van der Waals surface area contributed by atoms with Gasteiger partial charge in [-0.1, -0.05) is 6.07 Å². The van der Waals surface area contributed by atoms with Gasteiger partial charge in [0.05, 0.1) is 4.90 Å². The maximum atomic E-state index is 12.3. The van der Waals surface area contributed by atoms with Gasteiger partial charge in [0.2, 0.25) is 0 Å². The average Bonchev–Trinajstić information content (AvgIpc) is 2.37. The number of sulfone groups is 1. The lowest BCUT2D eigenvalue weighted by Gasteiger charge is -2.32. The molecule has 0 aliphatic carbocycles. The molecule has 1 aromatic rings. The minimum atomic E-state index is -3.28. The van der Waals surface area contributed by atoms with Crippen molar-refractivity contribution in [3.05, 3.63) is 29.8 Å². The van der Waals surface area contributed by atoms with Gasteiger partial charge in [-0.05, 0) is 25.1 Å². The van der Waals surface area contributed by atoms with Crippen LogP contribution in [0.15, 0.2) is 29.2 Å². The fourth-order valence-electron chi connectivity index (χ4n) is 2.16. The number of carbonyl (C=O) groups excluding carboxylic acids is 1. The quantitative estimate of drug-likeness (QED) is 0.859. The first kappa shape index (κ1) is 14.0. The van der Waals surface area contributed by atoms with E-state index in [-0.39, 0.29) is 16.8 Å². The van der Waals surface area contributed by atoms with E-state index in [0.717, 1.165) is 12.8 Å². The molecule has 6 heteroatoms. The van der Waals surface area contributed by atoms with Gasteiger partial charge in [-0.15, -0.1) is 0 Å². The van der Waals surface area contributed by atoms with E-state index in [4.69, 9.17) is 0 Å². The van der Waals surface area contributed by atoms with Crippen molar-refractivity contribution in [1.82, 2.24) is 10.2 Å². The number of rotatable bonds is 2. The van der Waals surface area contributed by atoms with Crippen molar-refractivity contribution in [2.75, 3.05) is 25.9 Å². The number of benzene rings is 1. The molecule has 5 nitrogen and oxygen atoms in total. The van der Waals surface area contributed by atoms with Crippen LogP contribution in [0, 0.1) is 0 Å². The van der Waals surface area contributed by atoms with Crippen molar-refractivity contribution in [2.45, 2.75) is 17.9 Å². The molecule has 1 saturated heterocycles. The normalized spacial score (nSPS) is 20.3. The van der Waals surface area contributed by atoms with Crippen molar-refractivity contribution >= 4 is 15.7 Å². The van der Waals surface area contributed by atoms with E-state index in [2.05, 4.69) is 5.32 Å². The Morgan fingerprint density at radius 1 is 1.42 bits per heavy atom. The van der Waals surface area contributed by atoms with Gasteiger partial charge in [-0.3, -0.25) is 4.79 Å². The maximum Gasteiger partial charge on any atom is 0.253 e. The summed E-state index contributed by atoms with van der Waals surface area (Å²) in [4.78, 5) is 14.3. The molecule has 1 atom stereocenters. The smallest absolute Gasteiger partial charge is 0.253 e. The zero-order valence-corrected chi connectivity index (χ0v) is 11.9. The number of hydrogen-bond acceptors (Lipinski definition) is 4. The van der Waals surface area contributed by atoms with E-state index in [9.17, 15) is 13.2 Å². The molecule has 1 amide bonds. The van der Waals surface area contributed by atoms with Crippen LogP contribution >= 0.6 is 0 Å². The third-order valence-corrected chi connectivity index (χ3v) is 4.28. The van der Waals surface area contributed by atoms with Crippen molar-refractivity contribution in [2.24, 2.45) is 0 Å². The highest BCUT2D eigenvalue weighted by Crippen LogP contribution is 2.14. The first-order valence-electron chi connectivity index (χ1n) is 6.21. The molecule has 19 heavy (non-hydrogen) atoms. The Labute approximate surface area is 113 Å². The van der Waals surface area contributed by atoms with Crippen molar-refractivity contribution in [3.8, 4) is 0 Å². The number of nitrogens with one attached hydrogen (secondary N) is 1. The monoisotopic (exact) mass is 282 g/mol. The number of nitrogens with zero attached hydrogens (tertiary/aromatic N) is 1. The minimum absolute atomic E-state index is 0.112. The summed E-state index contributed by atoms with van der Waals surface area (Å²) >= 11 is 0. The van der Waals surface area contributed by atoms with Crippen LogP contribution in [0.25, 0.3) is 0 Å². The first-order chi connectivity index (χ1) is 8.88. The van der Waals surface area contributed by atoms with Gasteiger partial charge in [0.25, 0.3) is 5.91 Å². The van der Waals surface area contributed by atoms with Gasteiger partial charge >= 0.3 is 0 Å². The summed E-state index contributed by atoms with van der Waals surface area (Å²) in [6.45, 7) is 4.07. The largest absolute Gasteiger partial charge is 0.336 e. The van der Waals surface area contributed by atoms with Crippen LogP contribution in [0.4, 0.5) is 0 Å². The van der Waals surface area contributed by atoms with Crippen LogP contribution < -0.4 is 5.32 Å². The Kier molecular flexibility index (Phi) is 3.91. The third kappa shape index (κ3) is 3.33. The van der Waals surface area contributed by atoms with Gasteiger partial charge < -0.3 is 10.2 Å². The number of carbonyl (C=O) groups is 1. The molecular formula is C13H18N2O3S. The number of amides is 1. The molecule has 0 saturated carbocycles. The summed E-state index contributed by atoms with van der Waals surface area (Å²) in [6.07, 6.45) is 1.14. The highest BCUT2D eigenvalue weighted by molar-refractivity contribution is 7.90. The Balaban J connectivity index is 2.24. The first-order valence-corrected chi connectivity index (χ1v) is 8.10. The van der Waals surface area contributed by atoms with E-state index in [1.165, 1.54) is 12.1 Å². The van der Waals surface area contributed by atoms with Gasteiger partial charge in [0, 0.05) is 37.5 Å². The Hall–Kier alpha value is -1.40. The Morgan fingerprint density at radius 3 is 2.79 bits per heavy atom. The van der Waals surface area contributed by atoms with Crippen LogP contribution in [-0.4, -0.2) is 51.2 Å². The van der Waals surface area contributed by atoms with E-state index >= 15 is 0 Å².